The van der Waals surface area contributed by atoms with E-state index in [9.17, 15) is 28.8 Å². The summed E-state index contributed by atoms with van der Waals surface area (Å²) in [6, 6.07) is 29.4. The maximum atomic E-state index is 12.7. The average molecular weight is 1910 g/mol. The molecule has 5 aliphatic heterocycles. The molecule has 0 spiro atoms. The van der Waals surface area contributed by atoms with Crippen molar-refractivity contribution in [1.29, 1.82) is 0 Å². The van der Waals surface area contributed by atoms with Gasteiger partial charge in [0, 0.05) is 116 Å². The van der Waals surface area contributed by atoms with Crippen molar-refractivity contribution in [3.05, 3.63) is 207 Å². The normalized spacial score (nSPS) is 17.0. The van der Waals surface area contributed by atoms with E-state index in [1.54, 1.807) is 106 Å². The zero-order chi connectivity index (χ0) is 98.5. The van der Waals surface area contributed by atoms with Gasteiger partial charge in [0.1, 0.15) is 45.8 Å². The second kappa shape index (κ2) is 43.1. The molecule has 2 unspecified atom stereocenters. The number of fused-ring (bicyclic) bond motifs is 15. The SMILES string of the molecule is CNc1cc2nc3c(cnn13)C(=O)NC(C)COCc1ccc(OC)c(c1)N2.CNc1cc2nn3c(cnc13)C(=O)NCCOC(C)c1ccc(OC)c(c1)N2.CNc1cc2nn3c(cnc13)C(=O)N[C@@H](C)COCc1ccc(OC)c(c1)N2.CNc1cc2nn3c(cnc13)C(=O)N[C@H](C)COCc1cc(c(=O)n(C)c1)N2.CNc1cc2nn3c(cnc13)C(=O)N[C@H](C)COCc1cnc(OC)c(c1)N2. The van der Waals surface area contributed by atoms with E-state index in [0.29, 0.717) is 198 Å². The Bertz CT molecular complexity index is 6800. The molecule has 20 rings (SSSR count). The molecular weight excluding hydrogens is 1810 g/mol. The highest BCUT2D eigenvalue weighted by atomic mass is 16.5. The number of aryl methyl sites for hydroxylation is 1. The van der Waals surface area contributed by atoms with Crippen molar-refractivity contribution in [1.82, 2.24) is 109 Å². The van der Waals surface area contributed by atoms with Crippen LogP contribution >= 0.6 is 0 Å². The molecule has 15 N–H and O–H groups in total. The fourth-order valence-corrected chi connectivity index (χ4v) is 15.6. The lowest BCUT2D eigenvalue weighted by Crippen LogP contribution is -2.36. The number of carbonyl (C=O) groups is 5. The predicted molar refractivity (Wildman–Crippen MR) is 524 cm³/mol. The van der Waals surface area contributed by atoms with Crippen LogP contribution in [0.15, 0.2) is 145 Å². The van der Waals surface area contributed by atoms with E-state index in [2.05, 4.69) is 135 Å². The van der Waals surface area contributed by atoms with Gasteiger partial charge >= 0.3 is 0 Å². The zero-order valence-electron chi connectivity index (χ0n) is 79.5. The predicted octanol–water partition coefficient (Wildman–Crippen LogP) is 9.12. The summed E-state index contributed by atoms with van der Waals surface area (Å²) in [5.41, 5.74) is 15.0. The summed E-state index contributed by atoms with van der Waals surface area (Å²) in [7, 11) is 17.0. The highest BCUT2D eigenvalue weighted by Gasteiger charge is 2.28. The minimum absolute atomic E-state index is 0.139. The maximum absolute atomic E-state index is 12.7. The van der Waals surface area contributed by atoms with Gasteiger partial charge in [0.2, 0.25) is 5.88 Å². The number of carbonyl (C=O) groups excluding carboxylic acids is 5. The van der Waals surface area contributed by atoms with Gasteiger partial charge in [-0.1, -0.05) is 18.2 Å². The Hall–Kier alpha value is -16.8. The lowest BCUT2D eigenvalue weighted by molar-refractivity contribution is 0.0644. The topological polar surface area (TPSA) is 535 Å². The van der Waals surface area contributed by atoms with Crippen molar-refractivity contribution in [3.63, 3.8) is 0 Å². The van der Waals surface area contributed by atoms with Gasteiger partial charge < -0.3 is 127 Å². The molecule has 12 aromatic heterocycles. The highest BCUT2D eigenvalue weighted by molar-refractivity contribution is 6.01. The molecular formula is C93H108N32O15. The number of rotatable bonds is 9. The molecule has 5 atom stereocenters. The Morgan fingerprint density at radius 3 is 1.21 bits per heavy atom. The maximum Gasteiger partial charge on any atom is 0.274 e. The summed E-state index contributed by atoms with van der Waals surface area (Å²) in [5, 5.41) is 68.5. The highest BCUT2D eigenvalue weighted by Crippen LogP contribution is 2.37. The number of hydrogen-bond acceptors (Lipinski definition) is 36. The molecule has 3 aromatic carbocycles. The minimum Gasteiger partial charge on any atom is -0.495 e. The lowest BCUT2D eigenvalue weighted by atomic mass is 10.1. The van der Waals surface area contributed by atoms with Gasteiger partial charge in [-0.05, 0) is 111 Å². The van der Waals surface area contributed by atoms with E-state index in [0.717, 1.165) is 61.9 Å². The molecule has 0 saturated carbocycles. The molecule has 0 radical (unpaired) electrons. The quantitative estimate of drug-likeness (QED) is 0.0640. The third kappa shape index (κ3) is 21.5. The van der Waals surface area contributed by atoms with Gasteiger partial charge in [-0.2, -0.15) is 9.61 Å². The van der Waals surface area contributed by atoms with Crippen LogP contribution in [0, 0.1) is 0 Å². The van der Waals surface area contributed by atoms with Crippen LogP contribution in [-0.2, 0) is 57.2 Å². The summed E-state index contributed by atoms with van der Waals surface area (Å²) < 4.78 is 59.7. The number of aromatic nitrogens is 17. The Labute approximate surface area is 800 Å². The second-order valence-corrected chi connectivity index (χ2v) is 32.9. The number of nitrogens with zero attached hydrogens (tertiary/aromatic N) is 17. The molecule has 20 bridgehead atoms. The number of amides is 5. The van der Waals surface area contributed by atoms with Crippen molar-refractivity contribution in [2.75, 3.05) is 156 Å². The van der Waals surface area contributed by atoms with Gasteiger partial charge in [0.15, 0.2) is 74.3 Å². The Morgan fingerprint density at radius 1 is 0.379 bits per heavy atom. The zero-order valence-corrected chi connectivity index (χ0v) is 79.5. The first-order valence-electron chi connectivity index (χ1n) is 44.7. The fraction of sp³-hybridized carbons (Fsp3) is 0.323. The van der Waals surface area contributed by atoms with E-state index >= 15 is 0 Å². The van der Waals surface area contributed by atoms with Crippen molar-refractivity contribution >= 4 is 144 Å². The molecule has 5 amide bonds. The van der Waals surface area contributed by atoms with Crippen molar-refractivity contribution in [2.24, 2.45) is 7.05 Å². The second-order valence-electron chi connectivity index (χ2n) is 32.9. The molecule has 15 aromatic rings. The van der Waals surface area contributed by atoms with Crippen molar-refractivity contribution < 1.29 is 66.6 Å². The third-order valence-electron chi connectivity index (χ3n) is 22.5. The number of ether oxygens (including phenoxy) is 9. The van der Waals surface area contributed by atoms with E-state index in [1.165, 1.54) is 53.6 Å². The number of anilines is 15. The van der Waals surface area contributed by atoms with E-state index in [1.807, 2.05) is 113 Å². The van der Waals surface area contributed by atoms with Crippen LogP contribution in [0.5, 0.6) is 23.1 Å². The Morgan fingerprint density at radius 2 is 0.771 bits per heavy atom. The Kier molecular flexibility index (Phi) is 29.6. The van der Waals surface area contributed by atoms with Gasteiger partial charge in [-0.25, -0.2) is 48.0 Å². The summed E-state index contributed by atoms with van der Waals surface area (Å²) >= 11 is 0. The number of nitrogens with one attached hydrogen (secondary N) is 15. The summed E-state index contributed by atoms with van der Waals surface area (Å²) in [6.07, 6.45) is 10.8. The van der Waals surface area contributed by atoms with Crippen LogP contribution in [0.2, 0.25) is 0 Å². The van der Waals surface area contributed by atoms with Crippen LogP contribution in [0.4, 0.5) is 86.1 Å². The Balaban J connectivity index is 0.000000126. The molecule has 47 heteroatoms. The summed E-state index contributed by atoms with van der Waals surface area (Å²) in [6.45, 7) is 13.3. The minimum atomic E-state index is -0.304. The first kappa shape index (κ1) is 96.3. The fourth-order valence-electron chi connectivity index (χ4n) is 15.6. The van der Waals surface area contributed by atoms with Crippen LogP contribution in [0.1, 0.15) is 121 Å². The number of imidazole rings is 4. The van der Waals surface area contributed by atoms with E-state index in [-0.39, 0.29) is 65.4 Å². The summed E-state index contributed by atoms with van der Waals surface area (Å²) in [4.78, 5) is 102. The van der Waals surface area contributed by atoms with Crippen LogP contribution in [0.25, 0.3) is 28.2 Å². The molecule has 17 heterocycles. The van der Waals surface area contributed by atoms with Gasteiger partial charge in [0.25, 0.3) is 35.1 Å². The van der Waals surface area contributed by atoms with Crippen LogP contribution in [0.3, 0.4) is 0 Å². The van der Waals surface area contributed by atoms with E-state index < -0.39 is 0 Å². The van der Waals surface area contributed by atoms with E-state index in [4.69, 9.17) is 42.6 Å². The molecule has 0 fully saturated rings. The number of hydrogen-bond donors (Lipinski definition) is 15. The lowest BCUT2D eigenvalue weighted by Gasteiger charge is -2.18. The van der Waals surface area contributed by atoms with Crippen molar-refractivity contribution in [2.45, 2.75) is 91.3 Å². The summed E-state index contributed by atoms with van der Waals surface area (Å²) in [5.74, 6) is 4.40. The number of benzene rings is 3. The largest absolute Gasteiger partial charge is 0.495 e. The standard InChI is InChI=1S/3C19H22N6O3.2C18H21N7O3/c1-11-9-28-10-12-4-5-15(27-3)14(6-12)23-16-7-17(20-2)25-18(24-16)13(8-21-25)19(26)22-11;1-11-9-28-10-12-4-5-16(27-3)13(6-12)23-17-7-14(20-2)18-21-8-15(19(26)22-11)25(18)24-17;1-11-12-4-5-16(27-3)13(8-12)23-17-9-14(20-2)18-22-10-15(25(18)24-17)19(26)21-6-7-28-11;1-10-8-28-9-11-4-13(18(27)24(3)7-11)22-15-5-12(19-2)16-20-6-14(17(26)21-10)25(16)23-15;1-10-8-28-9-11-4-13(18(27-3)21-6-11)23-15-5-12(19-2)16-20-7-14(17(26)22-10)25(16)24-15/h2*4-8,11,20H,9-10H2,1-3H3,(H,22,26)(H,23,24);4-5,8-11,20H,6-7H2,1-3H3,(H,21,26)(H,23,24);4-7,10,19H,8-9H2,1-3H3,(H,21,26)(H,22,23);4-7,10,19H,8-9H2,1-3H3,(H,22,26)(H,23,24)/t;11-;;2*10-/m.0.11/s1. The molecule has 140 heavy (non-hydrogen) atoms. The molecule has 0 aliphatic carbocycles. The third-order valence-corrected chi connectivity index (χ3v) is 22.5. The molecule has 0 saturated heterocycles. The van der Waals surface area contributed by atoms with Crippen molar-refractivity contribution in [3.8, 4) is 23.1 Å². The first-order valence-corrected chi connectivity index (χ1v) is 44.7. The monoisotopic (exact) mass is 1910 g/mol. The van der Waals surface area contributed by atoms with Crippen LogP contribution < -0.4 is 104 Å². The number of methoxy groups -OCH3 is 4. The number of pyridine rings is 2. The average Bonchev–Trinajstić information content (AvgIpc) is 1.64. The molecule has 730 valence electrons. The molecule has 5 aliphatic rings. The van der Waals surface area contributed by atoms with Gasteiger partial charge in [0.05, 0.1) is 165 Å². The smallest absolute Gasteiger partial charge is 0.274 e. The van der Waals surface area contributed by atoms with Gasteiger partial charge in [-0.15, -0.1) is 20.4 Å². The molecule has 47 nitrogen and oxygen atoms in total. The van der Waals surface area contributed by atoms with Crippen LogP contribution in [-0.4, -0.2) is 240 Å². The first-order chi connectivity index (χ1) is 67.8. The van der Waals surface area contributed by atoms with Gasteiger partial charge in [-0.3, -0.25) is 28.8 Å².